The Labute approximate surface area is 161 Å². The number of aromatic nitrogens is 4. The average Bonchev–Trinajstić information content (AvgIpc) is 3.08. The summed E-state index contributed by atoms with van der Waals surface area (Å²) in [4.78, 5) is 42.8. The molecular weight excluding hydrogens is 360 g/mol. The number of carbonyl (C=O) groups excluding carboxylic acids is 1. The van der Waals surface area contributed by atoms with Gasteiger partial charge in [-0.2, -0.15) is 0 Å². The summed E-state index contributed by atoms with van der Waals surface area (Å²) >= 11 is 0. The molecule has 0 aliphatic carbocycles. The Morgan fingerprint density at radius 3 is 2.43 bits per heavy atom. The molecule has 28 heavy (non-hydrogen) atoms. The molecule has 0 radical (unpaired) electrons. The van der Waals surface area contributed by atoms with E-state index in [1.54, 1.807) is 7.05 Å². The number of rotatable bonds is 6. The number of nitrogens with one attached hydrogen (secondary N) is 1. The van der Waals surface area contributed by atoms with E-state index in [1.807, 2.05) is 43.3 Å². The van der Waals surface area contributed by atoms with Gasteiger partial charge in [-0.25, -0.2) is 9.78 Å². The van der Waals surface area contributed by atoms with Crippen molar-refractivity contribution in [1.82, 2.24) is 24.0 Å². The van der Waals surface area contributed by atoms with Crippen molar-refractivity contribution in [3.05, 3.63) is 57.0 Å². The van der Waals surface area contributed by atoms with Crippen LogP contribution in [0.4, 0.5) is 5.69 Å². The molecule has 0 saturated heterocycles. The highest BCUT2D eigenvalue weighted by atomic mass is 16.2. The summed E-state index contributed by atoms with van der Waals surface area (Å²) in [6.45, 7) is 0.451. The number of fused-ring (bicyclic) bond motifs is 1. The van der Waals surface area contributed by atoms with Crippen LogP contribution in [0.3, 0.4) is 0 Å². The van der Waals surface area contributed by atoms with Crippen molar-refractivity contribution >= 4 is 22.8 Å². The van der Waals surface area contributed by atoms with Crippen LogP contribution in [0.25, 0.3) is 11.2 Å². The minimum atomic E-state index is -0.468. The lowest BCUT2D eigenvalue weighted by molar-refractivity contribution is -0.121. The van der Waals surface area contributed by atoms with E-state index in [9.17, 15) is 14.4 Å². The Morgan fingerprint density at radius 1 is 1.11 bits per heavy atom. The van der Waals surface area contributed by atoms with Gasteiger partial charge in [0.05, 0.1) is 6.33 Å². The fourth-order valence-electron chi connectivity index (χ4n) is 3.03. The first kappa shape index (κ1) is 19.4. The number of aryl methyl sites for hydroxylation is 1. The highest BCUT2D eigenvalue weighted by Crippen LogP contribution is 2.12. The van der Waals surface area contributed by atoms with Crippen LogP contribution in [-0.4, -0.2) is 45.2 Å². The standard InChI is InChI=1S/C19H24N6O3/c1-22(2)14-7-5-13(6-8-14)9-10-20-15(26)11-25-12-21-17-16(25)18(27)24(4)19(28)23(17)3/h5-8,12H,9-11H2,1-4H3,(H,20,26). The number of hydrogen-bond acceptors (Lipinski definition) is 5. The number of hydrogen-bond donors (Lipinski definition) is 1. The Hall–Kier alpha value is -3.36. The maximum absolute atomic E-state index is 12.4. The lowest BCUT2D eigenvalue weighted by Gasteiger charge is -2.13. The summed E-state index contributed by atoms with van der Waals surface area (Å²) in [5.41, 5.74) is 1.83. The van der Waals surface area contributed by atoms with E-state index in [-0.39, 0.29) is 23.6 Å². The monoisotopic (exact) mass is 384 g/mol. The zero-order valence-corrected chi connectivity index (χ0v) is 16.5. The van der Waals surface area contributed by atoms with Crippen LogP contribution in [0.15, 0.2) is 40.2 Å². The van der Waals surface area contributed by atoms with Crippen molar-refractivity contribution in [2.45, 2.75) is 13.0 Å². The third-order valence-corrected chi connectivity index (χ3v) is 4.72. The van der Waals surface area contributed by atoms with Crippen LogP contribution >= 0.6 is 0 Å². The normalized spacial score (nSPS) is 11.0. The molecule has 3 rings (SSSR count). The Morgan fingerprint density at radius 2 is 1.79 bits per heavy atom. The number of anilines is 1. The Bertz CT molecular complexity index is 1120. The second-order valence-electron chi connectivity index (χ2n) is 6.91. The van der Waals surface area contributed by atoms with E-state index in [4.69, 9.17) is 0 Å². The third kappa shape index (κ3) is 3.68. The molecule has 0 aliphatic heterocycles. The number of benzene rings is 1. The van der Waals surface area contributed by atoms with E-state index in [2.05, 4.69) is 10.3 Å². The van der Waals surface area contributed by atoms with Gasteiger partial charge in [-0.1, -0.05) is 12.1 Å². The second kappa shape index (κ2) is 7.71. The fraction of sp³-hybridized carbons (Fsp3) is 0.368. The fourth-order valence-corrected chi connectivity index (χ4v) is 3.03. The van der Waals surface area contributed by atoms with Gasteiger partial charge >= 0.3 is 5.69 Å². The maximum Gasteiger partial charge on any atom is 0.332 e. The van der Waals surface area contributed by atoms with Gasteiger partial charge in [-0.15, -0.1) is 0 Å². The van der Waals surface area contributed by atoms with E-state index >= 15 is 0 Å². The molecule has 1 aromatic carbocycles. The lowest BCUT2D eigenvalue weighted by atomic mass is 10.1. The topological polar surface area (TPSA) is 94.2 Å². The quantitative estimate of drug-likeness (QED) is 0.638. The van der Waals surface area contributed by atoms with Crippen molar-refractivity contribution in [1.29, 1.82) is 0 Å². The van der Waals surface area contributed by atoms with Crippen molar-refractivity contribution in [3.63, 3.8) is 0 Å². The van der Waals surface area contributed by atoms with Crippen LogP contribution in [-0.2, 0) is 31.9 Å². The Kier molecular flexibility index (Phi) is 5.34. The summed E-state index contributed by atoms with van der Waals surface area (Å²) < 4.78 is 3.77. The van der Waals surface area contributed by atoms with Gasteiger partial charge in [0.15, 0.2) is 11.2 Å². The molecule has 2 heterocycles. The maximum atomic E-state index is 12.4. The van der Waals surface area contributed by atoms with Crippen LogP contribution in [0, 0.1) is 0 Å². The zero-order valence-electron chi connectivity index (χ0n) is 16.5. The molecule has 148 valence electrons. The molecule has 0 unspecified atom stereocenters. The molecule has 0 spiro atoms. The molecule has 9 heteroatoms. The second-order valence-corrected chi connectivity index (χ2v) is 6.91. The molecule has 1 amide bonds. The molecule has 0 atom stereocenters. The molecule has 2 aromatic heterocycles. The minimum absolute atomic E-state index is 0.0382. The molecule has 9 nitrogen and oxygen atoms in total. The molecule has 0 saturated carbocycles. The van der Waals surface area contributed by atoms with E-state index in [0.29, 0.717) is 13.0 Å². The lowest BCUT2D eigenvalue weighted by Crippen LogP contribution is -2.38. The van der Waals surface area contributed by atoms with Gasteiger partial charge in [0.25, 0.3) is 5.56 Å². The van der Waals surface area contributed by atoms with Crippen LogP contribution < -0.4 is 21.5 Å². The van der Waals surface area contributed by atoms with Crippen molar-refractivity contribution in [3.8, 4) is 0 Å². The van der Waals surface area contributed by atoms with Gasteiger partial charge in [0.2, 0.25) is 5.91 Å². The largest absolute Gasteiger partial charge is 0.378 e. The highest BCUT2D eigenvalue weighted by molar-refractivity contribution is 5.78. The van der Waals surface area contributed by atoms with Crippen molar-refractivity contribution in [2.75, 3.05) is 25.5 Å². The molecule has 3 aromatic rings. The van der Waals surface area contributed by atoms with Crippen LogP contribution in [0.1, 0.15) is 5.56 Å². The number of amides is 1. The van der Waals surface area contributed by atoms with E-state index in [1.165, 1.54) is 22.5 Å². The smallest absolute Gasteiger partial charge is 0.332 e. The average molecular weight is 384 g/mol. The zero-order chi connectivity index (χ0) is 20.4. The van der Waals surface area contributed by atoms with Gasteiger partial charge in [-0.05, 0) is 24.1 Å². The minimum Gasteiger partial charge on any atom is -0.378 e. The van der Waals surface area contributed by atoms with Gasteiger partial charge in [-0.3, -0.25) is 18.7 Å². The summed E-state index contributed by atoms with van der Waals surface area (Å²) in [5.74, 6) is -0.222. The molecule has 0 aliphatic rings. The Balaban J connectivity index is 1.65. The number of imidazole rings is 1. The first-order chi connectivity index (χ1) is 13.3. The molecule has 1 N–H and O–H groups in total. The molecule has 0 fully saturated rings. The molecule has 0 bridgehead atoms. The van der Waals surface area contributed by atoms with Crippen LogP contribution in [0.2, 0.25) is 0 Å². The van der Waals surface area contributed by atoms with E-state index < -0.39 is 11.2 Å². The number of nitrogens with zero attached hydrogens (tertiary/aromatic N) is 5. The van der Waals surface area contributed by atoms with Crippen LogP contribution in [0.5, 0.6) is 0 Å². The van der Waals surface area contributed by atoms with Crippen molar-refractivity contribution in [2.24, 2.45) is 14.1 Å². The summed E-state index contributed by atoms with van der Waals surface area (Å²) in [7, 11) is 6.92. The van der Waals surface area contributed by atoms with Crippen molar-refractivity contribution < 1.29 is 4.79 Å². The summed E-state index contributed by atoms with van der Waals surface area (Å²) in [5, 5.41) is 2.86. The first-order valence-corrected chi connectivity index (χ1v) is 8.93. The van der Waals surface area contributed by atoms with Gasteiger partial charge in [0, 0.05) is 40.4 Å². The summed E-state index contributed by atoms with van der Waals surface area (Å²) in [6.07, 6.45) is 2.12. The predicted octanol–water partition coefficient (Wildman–Crippen LogP) is -0.141. The number of carbonyl (C=O) groups is 1. The molecular formula is C19H24N6O3. The third-order valence-electron chi connectivity index (χ3n) is 4.72. The SMILES string of the molecule is CN(C)c1ccc(CCNC(=O)Cn2cnc3c2c(=O)n(C)c(=O)n3C)cc1. The van der Waals surface area contributed by atoms with Gasteiger partial charge < -0.3 is 14.8 Å². The van der Waals surface area contributed by atoms with Gasteiger partial charge in [0.1, 0.15) is 6.54 Å². The predicted molar refractivity (Wildman–Crippen MR) is 108 cm³/mol. The summed E-state index contributed by atoms with van der Waals surface area (Å²) in [6, 6.07) is 8.15. The van der Waals surface area contributed by atoms with E-state index in [0.717, 1.165) is 15.8 Å². The highest BCUT2D eigenvalue weighted by Gasteiger charge is 2.15. The first-order valence-electron chi connectivity index (χ1n) is 8.93.